The average molecular weight is 330 g/mol. The van der Waals surface area contributed by atoms with Crippen LogP contribution in [0.2, 0.25) is 0 Å². The second-order valence-corrected chi connectivity index (χ2v) is 9.07. The fraction of sp³-hybridized carbons (Fsp3) is 0.714. The summed E-state index contributed by atoms with van der Waals surface area (Å²) in [5.74, 6) is 1.08. The van der Waals surface area contributed by atoms with Crippen molar-refractivity contribution in [2.45, 2.75) is 59.0 Å². The zero-order valence-electron chi connectivity index (χ0n) is 14.9. The van der Waals surface area contributed by atoms with Crippen LogP contribution in [0.1, 0.15) is 52.9 Å². The molecule has 2 unspecified atom stereocenters. The van der Waals surface area contributed by atoms with Gasteiger partial charge in [-0.2, -0.15) is 0 Å². The van der Waals surface area contributed by atoms with E-state index in [-0.39, 0.29) is 28.8 Å². The number of alkyl halides is 1. The Hall–Kier alpha value is -1.25. The molecule has 2 nitrogen and oxygen atoms in total. The molecule has 0 N–H and O–H groups in total. The second-order valence-electron chi connectivity index (χ2n) is 9.07. The van der Waals surface area contributed by atoms with E-state index in [2.05, 4.69) is 20.4 Å². The van der Waals surface area contributed by atoms with Gasteiger partial charge in [-0.15, -0.1) is 0 Å². The maximum Gasteiger partial charge on any atom is 0.173 e. The van der Waals surface area contributed by atoms with E-state index in [9.17, 15) is 14.0 Å². The molecule has 4 aliphatic carbocycles. The van der Waals surface area contributed by atoms with Crippen molar-refractivity contribution in [3.63, 3.8) is 0 Å². The van der Waals surface area contributed by atoms with Crippen molar-refractivity contribution < 1.29 is 14.0 Å². The Labute approximate surface area is 143 Å². The number of rotatable bonds is 0. The summed E-state index contributed by atoms with van der Waals surface area (Å²) in [6.07, 6.45) is 4.10. The van der Waals surface area contributed by atoms with Crippen LogP contribution in [0.3, 0.4) is 0 Å². The molecule has 3 heteroatoms. The molecule has 0 aliphatic heterocycles. The molecule has 0 radical (unpaired) electrons. The molecule has 0 amide bonds. The van der Waals surface area contributed by atoms with Crippen molar-refractivity contribution >= 4 is 11.6 Å². The van der Waals surface area contributed by atoms with Crippen LogP contribution < -0.4 is 0 Å². The predicted molar refractivity (Wildman–Crippen MR) is 91.1 cm³/mol. The first-order valence-corrected chi connectivity index (χ1v) is 9.32. The second kappa shape index (κ2) is 4.89. The number of carbonyl (C=O) groups excluding carboxylic acids is 2. The maximum absolute atomic E-state index is 14.3. The SMILES string of the molecule is C=C1C2=CC(=O)CC[C@]2(C)[C@@H]2CC[C@]3(C)C(=O)C(F)C[C@H]3[C@@H]2C1C. The van der Waals surface area contributed by atoms with E-state index in [1.54, 1.807) is 0 Å². The highest BCUT2D eigenvalue weighted by molar-refractivity contribution is 5.93. The van der Waals surface area contributed by atoms with Crippen LogP contribution in [0, 0.1) is 34.5 Å². The molecule has 24 heavy (non-hydrogen) atoms. The average Bonchev–Trinajstić information content (AvgIpc) is 2.77. The van der Waals surface area contributed by atoms with Crippen molar-refractivity contribution in [2.75, 3.05) is 0 Å². The fourth-order valence-corrected chi connectivity index (χ4v) is 6.63. The molecule has 0 heterocycles. The number of fused-ring (bicyclic) bond motifs is 5. The van der Waals surface area contributed by atoms with Crippen molar-refractivity contribution in [2.24, 2.45) is 34.5 Å². The third-order valence-corrected chi connectivity index (χ3v) is 8.13. The van der Waals surface area contributed by atoms with Crippen LogP contribution in [0.5, 0.6) is 0 Å². The molecule has 4 aliphatic rings. The summed E-state index contributed by atoms with van der Waals surface area (Å²) < 4.78 is 14.3. The molecule has 0 aromatic heterocycles. The zero-order chi connectivity index (χ0) is 17.4. The lowest BCUT2D eigenvalue weighted by molar-refractivity contribution is -0.135. The highest BCUT2D eigenvalue weighted by Gasteiger charge is 2.63. The molecular weight excluding hydrogens is 303 g/mol. The van der Waals surface area contributed by atoms with E-state index in [1.165, 1.54) is 0 Å². The number of hydrogen-bond donors (Lipinski definition) is 0. The lowest BCUT2D eigenvalue weighted by atomic mass is 9.44. The highest BCUT2D eigenvalue weighted by Crippen LogP contribution is 2.66. The van der Waals surface area contributed by atoms with E-state index in [0.29, 0.717) is 24.7 Å². The van der Waals surface area contributed by atoms with Crippen LogP contribution in [0.15, 0.2) is 23.8 Å². The van der Waals surface area contributed by atoms with Gasteiger partial charge in [-0.25, -0.2) is 4.39 Å². The third-order valence-electron chi connectivity index (χ3n) is 8.13. The van der Waals surface area contributed by atoms with Crippen LogP contribution in [-0.2, 0) is 9.59 Å². The van der Waals surface area contributed by atoms with Crippen LogP contribution in [0.4, 0.5) is 4.39 Å². The molecule has 0 spiro atoms. The largest absolute Gasteiger partial charge is 0.296 e. The quantitative estimate of drug-likeness (QED) is 0.658. The Morgan fingerprint density at radius 2 is 1.88 bits per heavy atom. The van der Waals surface area contributed by atoms with Crippen LogP contribution in [0.25, 0.3) is 0 Å². The number of halogens is 1. The first-order chi connectivity index (χ1) is 11.2. The summed E-state index contributed by atoms with van der Waals surface area (Å²) in [6.45, 7) is 10.8. The van der Waals surface area contributed by atoms with E-state index < -0.39 is 11.6 Å². The Balaban J connectivity index is 1.81. The smallest absolute Gasteiger partial charge is 0.173 e. The standard InChI is InChI=1S/C21H27FO2/c1-11-12(2)18-14(20(3)7-5-13(23)9-15(11)20)6-8-21(4)16(18)10-17(22)19(21)24/h9,12,14,16-18H,1,5-8,10H2,2-4H3/t12?,14-,16+,17?,18-,20-,21+/m1/s1. The third kappa shape index (κ3) is 1.82. The number of carbonyl (C=O) groups is 2. The van der Waals surface area contributed by atoms with Gasteiger partial charge >= 0.3 is 0 Å². The monoisotopic (exact) mass is 330 g/mol. The van der Waals surface area contributed by atoms with Gasteiger partial charge in [-0.05, 0) is 72.0 Å². The van der Waals surface area contributed by atoms with Gasteiger partial charge in [0.15, 0.2) is 17.7 Å². The van der Waals surface area contributed by atoms with Gasteiger partial charge in [0, 0.05) is 11.8 Å². The minimum Gasteiger partial charge on any atom is -0.296 e. The predicted octanol–water partition coefficient (Wildman–Crippen LogP) is 4.45. The fourth-order valence-electron chi connectivity index (χ4n) is 6.63. The first kappa shape index (κ1) is 16.2. The number of allylic oxidation sites excluding steroid dienone is 2. The molecule has 7 atom stereocenters. The maximum atomic E-state index is 14.3. The van der Waals surface area contributed by atoms with Gasteiger partial charge in [-0.3, -0.25) is 9.59 Å². The first-order valence-electron chi connectivity index (χ1n) is 9.32. The Morgan fingerprint density at radius 1 is 1.17 bits per heavy atom. The number of hydrogen-bond acceptors (Lipinski definition) is 2. The molecule has 3 fully saturated rings. The van der Waals surface area contributed by atoms with Crippen molar-refractivity contribution in [1.82, 2.24) is 0 Å². The van der Waals surface area contributed by atoms with Crippen LogP contribution >= 0.6 is 0 Å². The van der Waals surface area contributed by atoms with Crippen molar-refractivity contribution in [1.29, 1.82) is 0 Å². The van der Waals surface area contributed by atoms with Gasteiger partial charge in [0.1, 0.15) is 0 Å². The summed E-state index contributed by atoms with van der Waals surface area (Å²) in [4.78, 5) is 24.5. The molecule has 0 aromatic carbocycles. The number of Topliss-reactive ketones (excluding diaryl/α,β-unsaturated/α-hetero) is 1. The highest BCUT2D eigenvalue weighted by atomic mass is 19.1. The van der Waals surface area contributed by atoms with Crippen molar-refractivity contribution in [3.05, 3.63) is 23.8 Å². The molecule has 0 bridgehead atoms. The lowest BCUT2D eigenvalue weighted by Crippen LogP contribution is -2.53. The normalized spacial score (nSPS) is 50.9. The molecular formula is C21H27FO2. The van der Waals surface area contributed by atoms with Gasteiger partial charge in [0.05, 0.1) is 0 Å². The summed E-state index contributed by atoms with van der Waals surface area (Å²) in [7, 11) is 0. The Bertz CT molecular complexity index is 677. The van der Waals surface area contributed by atoms with Crippen molar-refractivity contribution in [3.8, 4) is 0 Å². The van der Waals surface area contributed by atoms with Gasteiger partial charge < -0.3 is 0 Å². The minimum absolute atomic E-state index is 0.0407. The van der Waals surface area contributed by atoms with Gasteiger partial charge in [0.2, 0.25) is 0 Å². The molecule has 0 aromatic rings. The number of ketones is 2. The van der Waals surface area contributed by atoms with E-state index in [4.69, 9.17) is 0 Å². The molecule has 3 saturated carbocycles. The summed E-state index contributed by atoms with van der Waals surface area (Å²) in [5.41, 5.74) is 1.64. The van der Waals surface area contributed by atoms with E-state index >= 15 is 0 Å². The Kier molecular flexibility index (Phi) is 3.31. The summed E-state index contributed by atoms with van der Waals surface area (Å²) >= 11 is 0. The Morgan fingerprint density at radius 3 is 2.58 bits per heavy atom. The van der Waals surface area contributed by atoms with Gasteiger partial charge in [-0.1, -0.05) is 27.4 Å². The van der Waals surface area contributed by atoms with E-state index in [1.807, 2.05) is 13.0 Å². The van der Waals surface area contributed by atoms with Crippen LogP contribution in [-0.4, -0.2) is 17.7 Å². The van der Waals surface area contributed by atoms with E-state index in [0.717, 1.165) is 30.4 Å². The topological polar surface area (TPSA) is 34.1 Å². The minimum atomic E-state index is -1.29. The molecule has 4 rings (SSSR count). The zero-order valence-corrected chi connectivity index (χ0v) is 14.9. The van der Waals surface area contributed by atoms with Gasteiger partial charge in [0.25, 0.3) is 0 Å². The molecule has 130 valence electrons. The summed E-state index contributed by atoms with van der Waals surface area (Å²) in [6, 6.07) is 0. The molecule has 0 saturated heterocycles. The lowest BCUT2D eigenvalue weighted by Gasteiger charge is -2.59. The summed E-state index contributed by atoms with van der Waals surface area (Å²) in [5, 5.41) is 0.